The molecule has 1 atom stereocenters. The van der Waals surface area contributed by atoms with Gasteiger partial charge in [0.2, 0.25) is 0 Å². The Morgan fingerprint density at radius 1 is 1.55 bits per heavy atom. The number of nitrogens with zero attached hydrogens (tertiary/aromatic N) is 1. The molecule has 0 radical (unpaired) electrons. The SMILES string of the molecule is CC1(C)OC[C@H](COc2cc([N+](=O)[O-])ccc2CO)O1. The molecule has 0 unspecified atom stereocenters. The first-order valence-corrected chi connectivity index (χ1v) is 6.24. The molecule has 0 saturated carbocycles. The average Bonchev–Trinajstić information content (AvgIpc) is 2.75. The van der Waals surface area contributed by atoms with Crippen LogP contribution in [0.4, 0.5) is 5.69 Å². The van der Waals surface area contributed by atoms with Gasteiger partial charge in [-0.05, 0) is 19.9 Å². The van der Waals surface area contributed by atoms with Crippen LogP contribution in [0.15, 0.2) is 18.2 Å². The quantitative estimate of drug-likeness (QED) is 0.652. The predicted octanol–water partition coefficient (Wildman–Crippen LogP) is 1.62. The van der Waals surface area contributed by atoms with Crippen LogP contribution in [-0.2, 0) is 16.1 Å². The zero-order valence-electron chi connectivity index (χ0n) is 11.4. The largest absolute Gasteiger partial charge is 0.490 e. The number of rotatable bonds is 5. The topological polar surface area (TPSA) is 91.1 Å². The first-order valence-electron chi connectivity index (χ1n) is 6.24. The van der Waals surface area contributed by atoms with Crippen LogP contribution in [0.25, 0.3) is 0 Å². The van der Waals surface area contributed by atoms with E-state index in [-0.39, 0.29) is 30.8 Å². The van der Waals surface area contributed by atoms with E-state index in [0.29, 0.717) is 12.2 Å². The Bertz CT molecular complexity index is 502. The zero-order chi connectivity index (χ0) is 14.8. The molecule has 0 aliphatic carbocycles. The summed E-state index contributed by atoms with van der Waals surface area (Å²) in [6, 6.07) is 4.10. The van der Waals surface area contributed by atoms with Crippen LogP contribution in [0.3, 0.4) is 0 Å². The average molecular weight is 283 g/mol. The van der Waals surface area contributed by atoms with Crippen molar-refractivity contribution in [3.63, 3.8) is 0 Å². The second-order valence-electron chi connectivity index (χ2n) is 4.97. The molecule has 1 aliphatic rings. The van der Waals surface area contributed by atoms with E-state index in [2.05, 4.69) is 0 Å². The third kappa shape index (κ3) is 3.44. The number of benzene rings is 1. The fourth-order valence-corrected chi connectivity index (χ4v) is 1.95. The Kier molecular flexibility index (Phi) is 4.22. The van der Waals surface area contributed by atoms with Gasteiger partial charge in [0.1, 0.15) is 18.5 Å². The van der Waals surface area contributed by atoms with Crippen molar-refractivity contribution in [1.82, 2.24) is 0 Å². The third-order valence-electron chi connectivity index (χ3n) is 2.92. The van der Waals surface area contributed by atoms with Gasteiger partial charge in [0.05, 0.1) is 24.2 Å². The maximum Gasteiger partial charge on any atom is 0.273 e. The minimum absolute atomic E-state index is 0.0823. The number of aliphatic hydroxyl groups excluding tert-OH is 1. The van der Waals surface area contributed by atoms with Crippen molar-refractivity contribution in [1.29, 1.82) is 0 Å². The van der Waals surface area contributed by atoms with Crippen molar-refractivity contribution < 1.29 is 24.2 Å². The summed E-state index contributed by atoms with van der Waals surface area (Å²) in [6.07, 6.45) is -0.240. The lowest BCUT2D eigenvalue weighted by Crippen LogP contribution is -2.25. The van der Waals surface area contributed by atoms with E-state index in [1.165, 1.54) is 18.2 Å². The standard InChI is InChI=1S/C13H17NO6/c1-13(2)19-8-11(20-13)7-18-12-5-10(14(16)17)4-3-9(12)6-15/h3-5,11,15H,6-8H2,1-2H3/t11-/m0/s1. The lowest BCUT2D eigenvalue weighted by molar-refractivity contribution is -0.385. The number of nitro benzene ring substituents is 1. The molecule has 1 aromatic rings. The summed E-state index contributed by atoms with van der Waals surface area (Å²) in [4.78, 5) is 10.2. The fourth-order valence-electron chi connectivity index (χ4n) is 1.95. The smallest absolute Gasteiger partial charge is 0.273 e. The molecule has 2 rings (SSSR count). The van der Waals surface area contributed by atoms with E-state index in [4.69, 9.17) is 14.2 Å². The molecule has 0 spiro atoms. The zero-order valence-corrected chi connectivity index (χ0v) is 11.4. The van der Waals surface area contributed by atoms with Gasteiger partial charge in [-0.15, -0.1) is 0 Å². The van der Waals surface area contributed by atoms with Gasteiger partial charge in [-0.2, -0.15) is 0 Å². The maximum atomic E-state index is 10.7. The van der Waals surface area contributed by atoms with Gasteiger partial charge in [0.25, 0.3) is 5.69 Å². The molecule has 1 N–H and O–H groups in total. The second-order valence-corrected chi connectivity index (χ2v) is 4.97. The highest BCUT2D eigenvalue weighted by Gasteiger charge is 2.33. The molecule has 1 aliphatic heterocycles. The summed E-state index contributed by atoms with van der Waals surface area (Å²) in [7, 11) is 0. The van der Waals surface area contributed by atoms with Gasteiger partial charge in [0, 0.05) is 11.6 Å². The van der Waals surface area contributed by atoms with E-state index >= 15 is 0 Å². The van der Waals surface area contributed by atoms with Crippen LogP contribution in [0.5, 0.6) is 5.75 Å². The van der Waals surface area contributed by atoms with Gasteiger partial charge in [-0.25, -0.2) is 0 Å². The molecule has 7 nitrogen and oxygen atoms in total. The van der Waals surface area contributed by atoms with E-state index in [1.54, 1.807) is 13.8 Å². The maximum absolute atomic E-state index is 10.7. The van der Waals surface area contributed by atoms with Crippen molar-refractivity contribution in [3.05, 3.63) is 33.9 Å². The van der Waals surface area contributed by atoms with Crippen LogP contribution in [0, 0.1) is 10.1 Å². The Morgan fingerprint density at radius 3 is 2.85 bits per heavy atom. The van der Waals surface area contributed by atoms with E-state index in [0.717, 1.165) is 0 Å². The summed E-state index contributed by atoms with van der Waals surface area (Å²) >= 11 is 0. The van der Waals surface area contributed by atoms with E-state index in [9.17, 15) is 15.2 Å². The summed E-state index contributed by atoms with van der Waals surface area (Å²) in [5, 5.41) is 20.0. The summed E-state index contributed by atoms with van der Waals surface area (Å²) in [5.41, 5.74) is 0.412. The molecule has 1 aromatic carbocycles. The first-order chi connectivity index (χ1) is 9.41. The van der Waals surface area contributed by atoms with Crippen molar-refractivity contribution in [2.75, 3.05) is 13.2 Å². The highest BCUT2D eigenvalue weighted by molar-refractivity contribution is 5.44. The predicted molar refractivity (Wildman–Crippen MR) is 69.4 cm³/mol. The molecule has 0 aromatic heterocycles. The van der Waals surface area contributed by atoms with Crippen molar-refractivity contribution in [2.24, 2.45) is 0 Å². The Morgan fingerprint density at radius 2 is 2.30 bits per heavy atom. The van der Waals surface area contributed by atoms with Crippen molar-refractivity contribution in [3.8, 4) is 5.75 Å². The van der Waals surface area contributed by atoms with E-state index < -0.39 is 10.7 Å². The van der Waals surface area contributed by atoms with Crippen molar-refractivity contribution >= 4 is 5.69 Å². The highest BCUT2D eigenvalue weighted by atomic mass is 16.7. The first kappa shape index (κ1) is 14.7. The molecule has 0 bridgehead atoms. The van der Waals surface area contributed by atoms with Crippen molar-refractivity contribution in [2.45, 2.75) is 32.3 Å². The Labute approximate surface area is 116 Å². The monoisotopic (exact) mass is 283 g/mol. The van der Waals surface area contributed by atoms with Crippen LogP contribution >= 0.6 is 0 Å². The third-order valence-corrected chi connectivity index (χ3v) is 2.92. The van der Waals surface area contributed by atoms with Crippen LogP contribution in [-0.4, -0.2) is 35.1 Å². The van der Waals surface area contributed by atoms with Crippen LogP contribution in [0.2, 0.25) is 0 Å². The van der Waals surface area contributed by atoms with Crippen LogP contribution in [0.1, 0.15) is 19.4 Å². The molecular weight excluding hydrogens is 266 g/mol. The number of hydrogen-bond acceptors (Lipinski definition) is 6. The number of nitro groups is 1. The summed E-state index contributed by atoms with van der Waals surface area (Å²) < 4.78 is 16.5. The van der Waals surface area contributed by atoms with E-state index in [1.807, 2.05) is 0 Å². The number of hydrogen-bond donors (Lipinski definition) is 1. The summed E-state index contributed by atoms with van der Waals surface area (Å²) in [5.74, 6) is -0.355. The molecule has 0 amide bonds. The van der Waals surface area contributed by atoms with Gasteiger partial charge in [0.15, 0.2) is 5.79 Å². The molecule has 1 heterocycles. The minimum atomic E-state index is -0.642. The number of non-ortho nitro benzene ring substituents is 1. The molecule has 7 heteroatoms. The van der Waals surface area contributed by atoms with Gasteiger partial charge in [-0.3, -0.25) is 10.1 Å². The highest BCUT2D eigenvalue weighted by Crippen LogP contribution is 2.27. The number of ether oxygens (including phenoxy) is 3. The van der Waals surface area contributed by atoms with Crippen LogP contribution < -0.4 is 4.74 Å². The molecular formula is C13H17NO6. The molecule has 20 heavy (non-hydrogen) atoms. The fraction of sp³-hybridized carbons (Fsp3) is 0.538. The number of aliphatic hydroxyl groups is 1. The molecule has 110 valence electrons. The molecule has 1 saturated heterocycles. The molecule has 1 fully saturated rings. The Balaban J connectivity index is 2.04. The normalized spacial score (nSPS) is 20.9. The summed E-state index contributed by atoms with van der Waals surface area (Å²) in [6.45, 7) is 3.97. The lowest BCUT2D eigenvalue weighted by Gasteiger charge is -2.17. The Hall–Kier alpha value is -1.70. The van der Waals surface area contributed by atoms with Gasteiger partial charge >= 0.3 is 0 Å². The van der Waals surface area contributed by atoms with Gasteiger partial charge < -0.3 is 19.3 Å². The lowest BCUT2D eigenvalue weighted by atomic mass is 10.2. The van der Waals surface area contributed by atoms with Gasteiger partial charge in [-0.1, -0.05) is 0 Å². The minimum Gasteiger partial charge on any atom is -0.490 e. The second kappa shape index (κ2) is 5.74.